The first-order valence-electron chi connectivity index (χ1n) is 8.68. The van der Waals surface area contributed by atoms with Crippen LogP contribution in [0.2, 0.25) is 0 Å². The highest BCUT2D eigenvalue weighted by atomic mass is 32.2. The highest BCUT2D eigenvalue weighted by molar-refractivity contribution is 8.00. The van der Waals surface area contributed by atoms with Crippen molar-refractivity contribution in [2.24, 2.45) is 5.92 Å². The Morgan fingerprint density at radius 1 is 1.08 bits per heavy atom. The molecule has 0 heterocycles. The maximum Gasteiger partial charge on any atom is 0.338 e. The van der Waals surface area contributed by atoms with Gasteiger partial charge in [0.15, 0.2) is 0 Å². The number of halogens is 1. The maximum absolute atomic E-state index is 14.8. The number of esters is 1. The molecule has 0 unspecified atom stereocenters. The fourth-order valence-corrected chi connectivity index (χ4v) is 4.34. The zero-order chi connectivity index (χ0) is 17.8. The molecule has 1 aliphatic rings. The van der Waals surface area contributed by atoms with E-state index in [1.54, 1.807) is 36.0 Å². The molecule has 1 aliphatic carbocycles. The molecule has 132 valence electrons. The van der Waals surface area contributed by atoms with Gasteiger partial charge in [-0.25, -0.2) is 9.18 Å². The molecular formula is C21H23FO2S. The van der Waals surface area contributed by atoms with Crippen molar-refractivity contribution in [1.29, 1.82) is 0 Å². The van der Waals surface area contributed by atoms with Gasteiger partial charge >= 0.3 is 5.97 Å². The molecular weight excluding hydrogens is 335 g/mol. The summed E-state index contributed by atoms with van der Waals surface area (Å²) < 4.78 is 20.5. The van der Waals surface area contributed by atoms with Crippen LogP contribution in [0.5, 0.6) is 0 Å². The Balaban J connectivity index is 1.75. The minimum Gasteiger partial charge on any atom is -0.454 e. The predicted octanol–water partition coefficient (Wildman–Crippen LogP) is 5.45. The fraction of sp³-hybridized carbons (Fsp3) is 0.381. The van der Waals surface area contributed by atoms with Gasteiger partial charge in [-0.1, -0.05) is 42.8 Å². The van der Waals surface area contributed by atoms with Gasteiger partial charge in [-0.15, -0.1) is 11.8 Å². The van der Waals surface area contributed by atoms with E-state index in [9.17, 15) is 9.18 Å². The number of aryl methyl sites for hydroxylation is 1. The Morgan fingerprint density at radius 2 is 1.76 bits per heavy atom. The van der Waals surface area contributed by atoms with Crippen LogP contribution >= 0.6 is 11.8 Å². The molecule has 0 N–H and O–H groups in total. The quantitative estimate of drug-likeness (QED) is 0.680. The first-order valence-corrected chi connectivity index (χ1v) is 9.56. The summed E-state index contributed by atoms with van der Waals surface area (Å²) in [4.78, 5) is 13.5. The molecule has 0 bridgehead atoms. The zero-order valence-corrected chi connectivity index (χ0v) is 15.3. The molecule has 2 aromatic carbocycles. The summed E-state index contributed by atoms with van der Waals surface area (Å²) in [5.74, 6) is -0.541. The molecule has 3 rings (SSSR count). The number of carbonyl (C=O) groups excluding carboxylic acids is 1. The van der Waals surface area contributed by atoms with Gasteiger partial charge in [0.25, 0.3) is 0 Å². The van der Waals surface area contributed by atoms with Crippen LogP contribution in [0.3, 0.4) is 0 Å². The predicted molar refractivity (Wildman–Crippen MR) is 99.8 cm³/mol. The van der Waals surface area contributed by atoms with Gasteiger partial charge in [0.1, 0.15) is 12.3 Å². The van der Waals surface area contributed by atoms with Gasteiger partial charge in [0.05, 0.1) is 5.56 Å². The van der Waals surface area contributed by atoms with E-state index in [-0.39, 0.29) is 11.2 Å². The third-order valence-electron chi connectivity index (χ3n) is 4.69. The summed E-state index contributed by atoms with van der Waals surface area (Å²) in [7, 11) is 0. The SMILES string of the molecule is Cc1ccc(S[C@H]2CC[C@H](C)[C@@H](F)[C@H]2OC(=O)c2ccccc2)cc1. The van der Waals surface area contributed by atoms with Crippen molar-refractivity contribution < 1.29 is 13.9 Å². The van der Waals surface area contributed by atoms with Crippen molar-refractivity contribution in [2.45, 2.75) is 49.1 Å². The lowest BCUT2D eigenvalue weighted by atomic mass is 9.86. The van der Waals surface area contributed by atoms with Gasteiger partial charge in [0, 0.05) is 10.1 Å². The maximum atomic E-state index is 14.8. The second-order valence-electron chi connectivity index (χ2n) is 6.70. The molecule has 4 atom stereocenters. The van der Waals surface area contributed by atoms with Crippen molar-refractivity contribution in [3.8, 4) is 0 Å². The molecule has 0 radical (unpaired) electrons. The molecule has 2 aromatic rings. The van der Waals surface area contributed by atoms with Crippen LogP contribution in [0, 0.1) is 12.8 Å². The number of hydrogen-bond acceptors (Lipinski definition) is 3. The molecule has 0 spiro atoms. The van der Waals surface area contributed by atoms with Crippen LogP contribution < -0.4 is 0 Å². The molecule has 0 aliphatic heterocycles. The van der Waals surface area contributed by atoms with E-state index in [1.165, 1.54) is 5.56 Å². The van der Waals surface area contributed by atoms with Crippen molar-refractivity contribution in [2.75, 3.05) is 0 Å². The van der Waals surface area contributed by atoms with E-state index in [1.807, 2.05) is 44.2 Å². The van der Waals surface area contributed by atoms with Crippen LogP contribution in [0.25, 0.3) is 0 Å². The van der Waals surface area contributed by atoms with Gasteiger partial charge < -0.3 is 4.74 Å². The van der Waals surface area contributed by atoms with E-state index >= 15 is 0 Å². The minimum atomic E-state index is -1.13. The summed E-state index contributed by atoms with van der Waals surface area (Å²) in [6.45, 7) is 3.93. The number of ether oxygens (including phenoxy) is 1. The Morgan fingerprint density at radius 3 is 2.44 bits per heavy atom. The monoisotopic (exact) mass is 358 g/mol. The summed E-state index contributed by atoms with van der Waals surface area (Å²) >= 11 is 1.61. The fourth-order valence-electron chi connectivity index (χ4n) is 3.10. The lowest BCUT2D eigenvalue weighted by Gasteiger charge is -2.36. The van der Waals surface area contributed by atoms with Gasteiger partial charge in [-0.2, -0.15) is 0 Å². The van der Waals surface area contributed by atoms with E-state index in [0.29, 0.717) is 5.56 Å². The smallest absolute Gasteiger partial charge is 0.338 e. The van der Waals surface area contributed by atoms with E-state index < -0.39 is 18.2 Å². The minimum absolute atomic E-state index is 0.0680. The van der Waals surface area contributed by atoms with Gasteiger partial charge in [-0.05, 0) is 49.9 Å². The molecule has 1 fully saturated rings. The van der Waals surface area contributed by atoms with Crippen LogP contribution in [0.1, 0.15) is 35.7 Å². The van der Waals surface area contributed by atoms with Crippen LogP contribution in [0.15, 0.2) is 59.5 Å². The van der Waals surface area contributed by atoms with Gasteiger partial charge in [-0.3, -0.25) is 0 Å². The molecule has 1 saturated carbocycles. The molecule has 25 heavy (non-hydrogen) atoms. The van der Waals surface area contributed by atoms with Crippen LogP contribution in [-0.2, 0) is 4.74 Å². The summed E-state index contributed by atoms with van der Waals surface area (Å²) in [5.41, 5.74) is 1.66. The largest absolute Gasteiger partial charge is 0.454 e. The number of rotatable bonds is 4. The third kappa shape index (κ3) is 4.43. The lowest BCUT2D eigenvalue weighted by molar-refractivity contribution is -0.0199. The summed E-state index contributed by atoms with van der Waals surface area (Å²) in [6, 6.07) is 17.0. The first-order chi connectivity index (χ1) is 12.0. The zero-order valence-electron chi connectivity index (χ0n) is 14.5. The average Bonchev–Trinajstić information content (AvgIpc) is 2.63. The number of hydrogen-bond donors (Lipinski definition) is 0. The van der Waals surface area contributed by atoms with Crippen molar-refractivity contribution in [1.82, 2.24) is 0 Å². The normalized spacial score (nSPS) is 26.2. The molecule has 0 amide bonds. The Kier molecular flexibility index (Phi) is 5.79. The number of thioether (sulfide) groups is 1. The third-order valence-corrected chi connectivity index (χ3v) is 6.04. The summed E-state index contributed by atoms with van der Waals surface area (Å²) in [6.07, 6.45) is -0.205. The van der Waals surface area contributed by atoms with Crippen LogP contribution in [0.4, 0.5) is 4.39 Å². The number of alkyl halides is 1. The summed E-state index contributed by atoms with van der Waals surface area (Å²) in [5, 5.41) is -0.0680. The van der Waals surface area contributed by atoms with Gasteiger partial charge in [0.2, 0.25) is 0 Å². The highest BCUT2D eigenvalue weighted by Crippen LogP contribution is 2.39. The van der Waals surface area contributed by atoms with Crippen molar-refractivity contribution >= 4 is 17.7 Å². The van der Waals surface area contributed by atoms with Crippen molar-refractivity contribution in [3.63, 3.8) is 0 Å². The van der Waals surface area contributed by atoms with E-state index in [4.69, 9.17) is 4.74 Å². The number of carbonyl (C=O) groups is 1. The molecule has 0 aromatic heterocycles. The lowest BCUT2D eigenvalue weighted by Crippen LogP contribution is -2.44. The Hall–Kier alpha value is -1.81. The second-order valence-corrected chi connectivity index (χ2v) is 8.02. The Bertz CT molecular complexity index is 702. The van der Waals surface area contributed by atoms with E-state index in [0.717, 1.165) is 17.7 Å². The highest BCUT2D eigenvalue weighted by Gasteiger charge is 2.41. The molecule has 0 saturated heterocycles. The topological polar surface area (TPSA) is 26.3 Å². The molecule has 2 nitrogen and oxygen atoms in total. The van der Waals surface area contributed by atoms with E-state index in [2.05, 4.69) is 0 Å². The Labute approximate surface area is 152 Å². The standard InChI is InChI=1S/C21H23FO2S/c1-14-8-11-17(12-9-14)25-18-13-10-15(2)19(22)20(18)24-21(23)16-6-4-3-5-7-16/h3-9,11-12,15,18-20H,10,13H2,1-2H3/t15-,18-,19+,20-/m0/s1. The average molecular weight is 358 g/mol. The van der Waals surface area contributed by atoms with Crippen LogP contribution in [-0.4, -0.2) is 23.5 Å². The molecule has 4 heteroatoms. The second kappa shape index (κ2) is 8.05. The van der Waals surface area contributed by atoms with Crippen molar-refractivity contribution in [3.05, 3.63) is 65.7 Å². The number of benzene rings is 2. The first kappa shape index (κ1) is 18.0.